The first-order valence-electron chi connectivity index (χ1n) is 7.98. The van der Waals surface area contributed by atoms with Gasteiger partial charge in [0.15, 0.2) is 0 Å². The first kappa shape index (κ1) is 16.5. The highest BCUT2D eigenvalue weighted by Crippen LogP contribution is 2.36. The minimum Gasteiger partial charge on any atom is -0.305 e. The van der Waals surface area contributed by atoms with Crippen molar-refractivity contribution in [2.45, 2.75) is 53.5 Å². The lowest BCUT2D eigenvalue weighted by molar-refractivity contribution is 0.442. The molecule has 1 aromatic rings. The van der Waals surface area contributed by atoms with Crippen LogP contribution < -0.4 is 5.43 Å². The average Bonchev–Trinajstić information content (AvgIpc) is 2.87. The molecular weight excluding hydrogens is 268 g/mol. The van der Waals surface area contributed by atoms with Gasteiger partial charge in [0.25, 0.3) is 0 Å². The molecule has 2 heteroatoms. The lowest BCUT2D eigenvalue weighted by Crippen LogP contribution is -2.31. The summed E-state index contributed by atoms with van der Waals surface area (Å²) < 4.78 is 0. The molecule has 118 valence electrons. The van der Waals surface area contributed by atoms with Crippen molar-refractivity contribution in [3.63, 3.8) is 0 Å². The zero-order valence-corrected chi connectivity index (χ0v) is 14.7. The van der Waals surface area contributed by atoms with Crippen molar-refractivity contribution >= 4 is 11.8 Å². The molecule has 0 saturated carbocycles. The van der Waals surface area contributed by atoms with Crippen molar-refractivity contribution in [3.05, 3.63) is 53.1 Å². The molecule has 2 rings (SSSR count). The Kier molecular flexibility index (Phi) is 4.60. The van der Waals surface area contributed by atoms with Gasteiger partial charge in [0.1, 0.15) is 0 Å². The van der Waals surface area contributed by atoms with E-state index in [1.54, 1.807) is 0 Å². The number of allylic oxidation sites excluding steroid dienone is 4. The molecule has 0 atom stereocenters. The van der Waals surface area contributed by atoms with E-state index in [4.69, 9.17) is 0 Å². The SMILES string of the molecule is CC(C)(C)N/N=C/c1ccccc1C1=CC(C(C)(C)C)=CC1. The Morgan fingerprint density at radius 2 is 1.73 bits per heavy atom. The quantitative estimate of drug-likeness (QED) is 0.604. The van der Waals surface area contributed by atoms with Crippen molar-refractivity contribution < 1.29 is 0 Å². The van der Waals surface area contributed by atoms with E-state index in [0.29, 0.717) is 0 Å². The molecule has 1 aliphatic rings. The van der Waals surface area contributed by atoms with Gasteiger partial charge in [-0.05, 0) is 49.3 Å². The Morgan fingerprint density at radius 3 is 2.32 bits per heavy atom. The normalized spacial score (nSPS) is 15.9. The molecule has 1 aromatic carbocycles. The predicted octanol–water partition coefficient (Wildman–Crippen LogP) is 5.17. The first-order valence-corrected chi connectivity index (χ1v) is 7.98. The number of hydrogen-bond acceptors (Lipinski definition) is 2. The molecule has 0 radical (unpaired) electrons. The fraction of sp³-hybridized carbons (Fsp3) is 0.450. The molecule has 2 nitrogen and oxygen atoms in total. The lowest BCUT2D eigenvalue weighted by atomic mass is 9.87. The number of hydrogen-bond donors (Lipinski definition) is 1. The molecule has 0 heterocycles. The van der Waals surface area contributed by atoms with Gasteiger partial charge in [-0.15, -0.1) is 0 Å². The van der Waals surface area contributed by atoms with Gasteiger partial charge in [-0.1, -0.05) is 57.2 Å². The second-order valence-corrected chi connectivity index (χ2v) is 7.99. The number of nitrogens with zero attached hydrogens (tertiary/aromatic N) is 1. The van der Waals surface area contributed by atoms with Gasteiger partial charge in [0.2, 0.25) is 0 Å². The third-order valence-corrected chi connectivity index (χ3v) is 3.65. The van der Waals surface area contributed by atoms with Crippen LogP contribution in [0.5, 0.6) is 0 Å². The minimum absolute atomic E-state index is 0.0149. The Labute approximate surface area is 135 Å². The molecule has 0 bridgehead atoms. The van der Waals surface area contributed by atoms with Crippen molar-refractivity contribution in [1.29, 1.82) is 0 Å². The van der Waals surface area contributed by atoms with E-state index in [0.717, 1.165) is 12.0 Å². The van der Waals surface area contributed by atoms with Crippen LogP contribution in [0.1, 0.15) is 59.1 Å². The van der Waals surface area contributed by atoms with Gasteiger partial charge in [0, 0.05) is 11.1 Å². The first-order chi connectivity index (χ1) is 10.2. The standard InChI is InChI=1S/C20H28N2/c1-19(2,3)17-12-11-15(13-17)18-10-8-7-9-16(18)14-21-22-20(4,5)6/h7-10,12-14,22H,11H2,1-6H3/b21-14+. The zero-order chi connectivity index (χ0) is 16.4. The molecule has 0 amide bonds. The molecule has 0 aromatic heterocycles. The highest BCUT2D eigenvalue weighted by molar-refractivity contribution is 5.89. The van der Waals surface area contributed by atoms with E-state index in [2.05, 4.69) is 88.5 Å². The maximum atomic E-state index is 4.39. The molecule has 1 N–H and O–H groups in total. The van der Waals surface area contributed by atoms with Crippen LogP contribution in [0.15, 0.2) is 47.1 Å². The second-order valence-electron chi connectivity index (χ2n) is 7.99. The van der Waals surface area contributed by atoms with Crippen molar-refractivity contribution in [3.8, 4) is 0 Å². The summed E-state index contributed by atoms with van der Waals surface area (Å²) in [6.45, 7) is 13.1. The highest BCUT2D eigenvalue weighted by atomic mass is 15.3. The van der Waals surface area contributed by atoms with Crippen molar-refractivity contribution in [2.24, 2.45) is 10.5 Å². The molecule has 0 aliphatic heterocycles. The molecule has 0 spiro atoms. The van der Waals surface area contributed by atoms with E-state index >= 15 is 0 Å². The Balaban J connectivity index is 2.24. The van der Waals surface area contributed by atoms with E-state index in [9.17, 15) is 0 Å². The van der Waals surface area contributed by atoms with Gasteiger partial charge in [-0.25, -0.2) is 0 Å². The average molecular weight is 296 g/mol. The van der Waals surface area contributed by atoms with Gasteiger partial charge in [0.05, 0.1) is 6.21 Å². The monoisotopic (exact) mass is 296 g/mol. The summed E-state index contributed by atoms with van der Waals surface area (Å²) in [5.74, 6) is 0. The Hall–Kier alpha value is -1.83. The second kappa shape index (κ2) is 6.12. The van der Waals surface area contributed by atoms with Gasteiger partial charge < -0.3 is 5.43 Å². The third-order valence-electron chi connectivity index (χ3n) is 3.65. The van der Waals surface area contributed by atoms with Crippen LogP contribution >= 0.6 is 0 Å². The number of hydrazone groups is 1. The fourth-order valence-corrected chi connectivity index (χ4v) is 2.43. The topological polar surface area (TPSA) is 24.4 Å². The molecular formula is C20H28N2. The molecule has 1 aliphatic carbocycles. The van der Waals surface area contributed by atoms with Gasteiger partial charge in [-0.3, -0.25) is 0 Å². The highest BCUT2D eigenvalue weighted by Gasteiger charge is 2.20. The summed E-state index contributed by atoms with van der Waals surface area (Å²) in [5, 5.41) is 4.39. The van der Waals surface area contributed by atoms with Crippen LogP contribution in [0.3, 0.4) is 0 Å². The third kappa shape index (κ3) is 4.33. The van der Waals surface area contributed by atoms with E-state index in [1.807, 2.05) is 6.21 Å². The molecule has 0 saturated heterocycles. The van der Waals surface area contributed by atoms with Crippen molar-refractivity contribution in [1.82, 2.24) is 5.43 Å². The smallest absolute Gasteiger partial charge is 0.0546 e. The van der Waals surface area contributed by atoms with Crippen LogP contribution in [0.4, 0.5) is 0 Å². The zero-order valence-electron chi connectivity index (χ0n) is 14.7. The summed E-state index contributed by atoms with van der Waals surface area (Å²) in [4.78, 5) is 0. The Bertz CT molecular complexity index is 620. The number of benzene rings is 1. The van der Waals surface area contributed by atoms with Crippen LogP contribution in [0.25, 0.3) is 5.57 Å². The van der Waals surface area contributed by atoms with E-state index < -0.39 is 0 Å². The van der Waals surface area contributed by atoms with Crippen molar-refractivity contribution in [2.75, 3.05) is 0 Å². The van der Waals surface area contributed by atoms with Gasteiger partial charge >= 0.3 is 0 Å². The van der Waals surface area contributed by atoms with Crippen LogP contribution in [-0.4, -0.2) is 11.8 Å². The summed E-state index contributed by atoms with van der Waals surface area (Å²) in [6, 6.07) is 8.47. The maximum absolute atomic E-state index is 4.39. The van der Waals surface area contributed by atoms with Gasteiger partial charge in [-0.2, -0.15) is 5.10 Å². The van der Waals surface area contributed by atoms with Crippen LogP contribution in [-0.2, 0) is 0 Å². The van der Waals surface area contributed by atoms with E-state index in [-0.39, 0.29) is 11.0 Å². The molecule has 0 fully saturated rings. The maximum Gasteiger partial charge on any atom is 0.0546 e. The summed E-state index contributed by atoms with van der Waals surface area (Å²) in [5.41, 5.74) is 8.58. The fourth-order valence-electron chi connectivity index (χ4n) is 2.43. The van der Waals surface area contributed by atoms with Crippen LogP contribution in [0.2, 0.25) is 0 Å². The molecule has 22 heavy (non-hydrogen) atoms. The minimum atomic E-state index is -0.0149. The predicted molar refractivity (Wildman–Crippen MR) is 97.1 cm³/mol. The largest absolute Gasteiger partial charge is 0.305 e. The molecule has 0 unspecified atom stereocenters. The Morgan fingerprint density at radius 1 is 1.05 bits per heavy atom. The number of nitrogens with one attached hydrogen (secondary N) is 1. The number of rotatable bonds is 3. The lowest BCUT2D eigenvalue weighted by Gasteiger charge is -2.18. The van der Waals surface area contributed by atoms with Crippen LogP contribution in [0, 0.1) is 5.41 Å². The summed E-state index contributed by atoms with van der Waals surface area (Å²) in [7, 11) is 0. The van der Waals surface area contributed by atoms with E-state index in [1.165, 1.54) is 16.7 Å². The summed E-state index contributed by atoms with van der Waals surface area (Å²) in [6.07, 6.45) is 7.61. The summed E-state index contributed by atoms with van der Waals surface area (Å²) >= 11 is 0.